The third-order valence-corrected chi connectivity index (χ3v) is 2.96. The van der Waals surface area contributed by atoms with Gasteiger partial charge in [-0.25, -0.2) is 0 Å². The van der Waals surface area contributed by atoms with E-state index >= 15 is 0 Å². The second-order valence-corrected chi connectivity index (χ2v) is 4.67. The third-order valence-electron chi connectivity index (χ3n) is 2.96. The van der Waals surface area contributed by atoms with Crippen molar-refractivity contribution < 1.29 is 9.47 Å². The molecule has 0 radical (unpaired) electrons. The summed E-state index contributed by atoms with van der Waals surface area (Å²) >= 11 is 0. The molecule has 0 saturated carbocycles. The lowest BCUT2D eigenvalue weighted by Gasteiger charge is -2.10. The standard InChI is InChI=1S/C14H27N3O2/c1-4-6-15-13(2)14-11-16-17(12-14)7-5-8-19-10-9-18-3/h11-13,15H,4-10H2,1-3H3. The van der Waals surface area contributed by atoms with Crippen LogP contribution in [0.25, 0.3) is 0 Å². The van der Waals surface area contributed by atoms with Crippen LogP contribution in [0.5, 0.6) is 0 Å². The van der Waals surface area contributed by atoms with Crippen LogP contribution in [0.2, 0.25) is 0 Å². The molecule has 5 nitrogen and oxygen atoms in total. The van der Waals surface area contributed by atoms with Gasteiger partial charge in [0.1, 0.15) is 0 Å². The third kappa shape index (κ3) is 6.71. The van der Waals surface area contributed by atoms with Crippen molar-refractivity contribution in [1.29, 1.82) is 0 Å². The number of aromatic nitrogens is 2. The average Bonchev–Trinajstić information content (AvgIpc) is 2.89. The normalized spacial score (nSPS) is 12.8. The number of nitrogens with one attached hydrogen (secondary N) is 1. The van der Waals surface area contributed by atoms with Crippen molar-refractivity contribution in [3.8, 4) is 0 Å². The summed E-state index contributed by atoms with van der Waals surface area (Å²) in [6, 6.07) is 0.367. The maximum Gasteiger partial charge on any atom is 0.0700 e. The number of nitrogens with zero attached hydrogens (tertiary/aromatic N) is 2. The first-order valence-electron chi connectivity index (χ1n) is 7.10. The molecule has 1 atom stereocenters. The van der Waals surface area contributed by atoms with Crippen LogP contribution in [0, 0.1) is 0 Å². The van der Waals surface area contributed by atoms with E-state index in [0.717, 1.165) is 32.5 Å². The molecule has 0 fully saturated rings. The Balaban J connectivity index is 2.19. The van der Waals surface area contributed by atoms with E-state index in [1.165, 1.54) is 5.56 Å². The molecule has 1 aromatic rings. The number of aryl methyl sites for hydroxylation is 1. The van der Waals surface area contributed by atoms with Gasteiger partial charge < -0.3 is 14.8 Å². The highest BCUT2D eigenvalue weighted by molar-refractivity contribution is 5.09. The molecule has 0 aliphatic carbocycles. The van der Waals surface area contributed by atoms with Crippen molar-refractivity contribution in [3.05, 3.63) is 18.0 Å². The smallest absolute Gasteiger partial charge is 0.0700 e. The molecule has 0 amide bonds. The summed E-state index contributed by atoms with van der Waals surface area (Å²) in [6.07, 6.45) is 6.18. The molecular weight excluding hydrogens is 242 g/mol. The molecule has 1 aromatic heterocycles. The first-order chi connectivity index (χ1) is 9.27. The van der Waals surface area contributed by atoms with Gasteiger partial charge in [0.25, 0.3) is 0 Å². The van der Waals surface area contributed by atoms with Crippen LogP contribution in [-0.2, 0) is 16.0 Å². The average molecular weight is 269 g/mol. The molecule has 110 valence electrons. The monoisotopic (exact) mass is 269 g/mol. The molecule has 1 rings (SSSR count). The molecule has 1 heterocycles. The fourth-order valence-corrected chi connectivity index (χ4v) is 1.78. The van der Waals surface area contributed by atoms with Crippen LogP contribution in [0.4, 0.5) is 0 Å². The number of hydrogen-bond donors (Lipinski definition) is 1. The number of rotatable bonds is 11. The Morgan fingerprint density at radius 2 is 2.21 bits per heavy atom. The van der Waals surface area contributed by atoms with Gasteiger partial charge in [-0.15, -0.1) is 0 Å². The summed E-state index contributed by atoms with van der Waals surface area (Å²) in [5.41, 5.74) is 1.24. The molecule has 1 unspecified atom stereocenters. The Kier molecular flexibility index (Phi) is 8.45. The van der Waals surface area contributed by atoms with Gasteiger partial charge in [-0.05, 0) is 26.3 Å². The molecule has 0 aliphatic heterocycles. The van der Waals surface area contributed by atoms with E-state index in [2.05, 4.69) is 30.5 Å². The molecule has 1 N–H and O–H groups in total. The van der Waals surface area contributed by atoms with Crippen LogP contribution in [0.15, 0.2) is 12.4 Å². The summed E-state index contributed by atoms with van der Waals surface area (Å²) in [6.45, 7) is 8.36. The zero-order chi connectivity index (χ0) is 13.9. The lowest BCUT2D eigenvalue weighted by Crippen LogP contribution is -2.18. The summed E-state index contributed by atoms with van der Waals surface area (Å²) in [5.74, 6) is 0. The van der Waals surface area contributed by atoms with E-state index < -0.39 is 0 Å². The summed E-state index contributed by atoms with van der Waals surface area (Å²) in [5, 5.41) is 7.84. The van der Waals surface area contributed by atoms with Crippen LogP contribution >= 0.6 is 0 Å². The highest BCUT2D eigenvalue weighted by Crippen LogP contribution is 2.10. The lowest BCUT2D eigenvalue weighted by atomic mass is 10.2. The van der Waals surface area contributed by atoms with Crippen LogP contribution in [-0.4, -0.2) is 43.3 Å². The van der Waals surface area contributed by atoms with Gasteiger partial charge in [0.15, 0.2) is 0 Å². The van der Waals surface area contributed by atoms with Gasteiger partial charge in [0.2, 0.25) is 0 Å². The second-order valence-electron chi connectivity index (χ2n) is 4.67. The van der Waals surface area contributed by atoms with E-state index in [1.54, 1.807) is 7.11 Å². The maximum atomic E-state index is 5.42. The molecule has 5 heteroatoms. The largest absolute Gasteiger partial charge is 0.382 e. The zero-order valence-corrected chi connectivity index (χ0v) is 12.4. The van der Waals surface area contributed by atoms with Crippen molar-refractivity contribution in [1.82, 2.24) is 15.1 Å². The van der Waals surface area contributed by atoms with Gasteiger partial charge in [0.05, 0.1) is 19.4 Å². The predicted molar refractivity (Wildman–Crippen MR) is 76.2 cm³/mol. The number of hydrogen-bond acceptors (Lipinski definition) is 4. The maximum absolute atomic E-state index is 5.42. The quantitative estimate of drug-likeness (QED) is 0.624. The topological polar surface area (TPSA) is 48.3 Å². The van der Waals surface area contributed by atoms with Crippen molar-refractivity contribution in [3.63, 3.8) is 0 Å². The molecule has 0 saturated heterocycles. The minimum atomic E-state index is 0.367. The summed E-state index contributed by atoms with van der Waals surface area (Å²) < 4.78 is 12.3. The summed E-state index contributed by atoms with van der Waals surface area (Å²) in [4.78, 5) is 0. The Labute approximate surface area is 116 Å². The highest BCUT2D eigenvalue weighted by Gasteiger charge is 2.06. The van der Waals surface area contributed by atoms with Crippen molar-refractivity contribution in [2.75, 3.05) is 33.5 Å². The fourth-order valence-electron chi connectivity index (χ4n) is 1.78. The number of methoxy groups -OCH3 is 1. The van der Waals surface area contributed by atoms with Crippen molar-refractivity contribution in [2.45, 2.75) is 39.3 Å². The fraction of sp³-hybridized carbons (Fsp3) is 0.786. The molecule has 0 bridgehead atoms. The summed E-state index contributed by atoms with van der Waals surface area (Å²) in [7, 11) is 1.68. The molecule has 19 heavy (non-hydrogen) atoms. The van der Waals surface area contributed by atoms with E-state index in [9.17, 15) is 0 Å². The first-order valence-corrected chi connectivity index (χ1v) is 7.10. The minimum absolute atomic E-state index is 0.367. The van der Waals surface area contributed by atoms with Crippen molar-refractivity contribution in [2.24, 2.45) is 0 Å². The van der Waals surface area contributed by atoms with Gasteiger partial charge in [-0.1, -0.05) is 6.92 Å². The Hall–Kier alpha value is -0.910. The Bertz CT molecular complexity index is 328. The SMILES string of the molecule is CCCNC(C)c1cnn(CCCOCCOC)c1. The van der Waals surface area contributed by atoms with Gasteiger partial charge in [0, 0.05) is 38.1 Å². The van der Waals surface area contributed by atoms with E-state index in [4.69, 9.17) is 9.47 Å². The van der Waals surface area contributed by atoms with E-state index in [1.807, 2.05) is 10.9 Å². The number of ether oxygens (including phenoxy) is 2. The zero-order valence-electron chi connectivity index (χ0n) is 12.4. The Morgan fingerprint density at radius 1 is 1.37 bits per heavy atom. The molecule has 0 aromatic carbocycles. The first kappa shape index (κ1) is 16.1. The molecule has 0 spiro atoms. The van der Waals surface area contributed by atoms with Crippen molar-refractivity contribution >= 4 is 0 Å². The van der Waals surface area contributed by atoms with Gasteiger partial charge in [-0.2, -0.15) is 5.10 Å². The molecular formula is C14H27N3O2. The predicted octanol–water partition coefficient (Wildman–Crippen LogP) is 2.00. The van der Waals surface area contributed by atoms with E-state index in [-0.39, 0.29) is 0 Å². The van der Waals surface area contributed by atoms with E-state index in [0.29, 0.717) is 19.3 Å². The van der Waals surface area contributed by atoms with Crippen LogP contribution in [0.3, 0.4) is 0 Å². The van der Waals surface area contributed by atoms with Gasteiger partial charge in [-0.3, -0.25) is 4.68 Å². The lowest BCUT2D eigenvalue weighted by molar-refractivity contribution is 0.0677. The van der Waals surface area contributed by atoms with Crippen LogP contribution < -0.4 is 5.32 Å². The Morgan fingerprint density at radius 3 is 2.95 bits per heavy atom. The second kappa shape index (κ2) is 9.95. The minimum Gasteiger partial charge on any atom is -0.382 e. The highest BCUT2D eigenvalue weighted by atomic mass is 16.5. The molecule has 0 aliphatic rings. The van der Waals surface area contributed by atoms with Crippen LogP contribution in [0.1, 0.15) is 38.3 Å². The van der Waals surface area contributed by atoms with Gasteiger partial charge >= 0.3 is 0 Å².